The first-order chi connectivity index (χ1) is 11.9. The minimum absolute atomic E-state index is 0. The SMILES string of the molecule is Cc1nc2c(c(C)c1CCC(=O)N(C)C1CCNCC1)c(=O)[nH]n2C.Cl.Cl. The number of hydrogen-bond acceptors (Lipinski definition) is 4. The van der Waals surface area contributed by atoms with E-state index in [0.29, 0.717) is 29.9 Å². The molecule has 1 fully saturated rings. The van der Waals surface area contributed by atoms with Crippen molar-refractivity contribution in [2.24, 2.45) is 7.05 Å². The maximum atomic E-state index is 12.6. The van der Waals surface area contributed by atoms with Crippen LogP contribution in [0.15, 0.2) is 4.79 Å². The van der Waals surface area contributed by atoms with E-state index in [0.717, 1.165) is 42.8 Å². The monoisotopic (exact) mass is 417 g/mol. The molecule has 152 valence electrons. The van der Waals surface area contributed by atoms with Gasteiger partial charge in [-0.15, -0.1) is 24.8 Å². The largest absolute Gasteiger partial charge is 0.343 e. The molecular weight excluding hydrogens is 389 g/mol. The quantitative estimate of drug-likeness (QED) is 0.794. The Morgan fingerprint density at radius 2 is 1.89 bits per heavy atom. The summed E-state index contributed by atoms with van der Waals surface area (Å²) in [5.74, 6) is 0.160. The topological polar surface area (TPSA) is 83.0 Å². The fourth-order valence-electron chi connectivity index (χ4n) is 3.82. The smallest absolute Gasteiger partial charge is 0.273 e. The molecule has 1 aliphatic heterocycles. The van der Waals surface area contributed by atoms with Gasteiger partial charge in [0, 0.05) is 32.3 Å². The van der Waals surface area contributed by atoms with Crippen molar-refractivity contribution >= 4 is 41.8 Å². The van der Waals surface area contributed by atoms with Gasteiger partial charge in [-0.2, -0.15) is 0 Å². The van der Waals surface area contributed by atoms with Gasteiger partial charge in [0.2, 0.25) is 5.91 Å². The molecule has 2 aromatic heterocycles. The zero-order valence-electron chi connectivity index (χ0n) is 16.3. The standard InChI is InChI=1S/C18H27N5O2.2ClH/c1-11-14(12(2)20-17-16(11)18(25)21-23(17)4)5-6-15(24)22(3)13-7-9-19-10-8-13;;/h13,19H,5-10H2,1-4H3,(H,21,25);2*1H. The number of H-pyrrole nitrogens is 1. The number of pyridine rings is 1. The molecule has 1 aliphatic rings. The summed E-state index contributed by atoms with van der Waals surface area (Å²) in [6.45, 7) is 5.83. The van der Waals surface area contributed by atoms with E-state index in [1.54, 1.807) is 11.7 Å². The molecule has 1 saturated heterocycles. The Morgan fingerprint density at radius 1 is 1.26 bits per heavy atom. The average Bonchev–Trinajstić information content (AvgIpc) is 2.88. The summed E-state index contributed by atoms with van der Waals surface area (Å²) >= 11 is 0. The molecule has 3 heterocycles. The van der Waals surface area contributed by atoms with E-state index in [4.69, 9.17) is 0 Å². The summed E-state index contributed by atoms with van der Waals surface area (Å²) in [6, 6.07) is 0.327. The lowest BCUT2D eigenvalue weighted by molar-refractivity contribution is -0.132. The number of aromatic amines is 1. The van der Waals surface area contributed by atoms with Crippen LogP contribution < -0.4 is 10.9 Å². The van der Waals surface area contributed by atoms with Crippen LogP contribution in [-0.2, 0) is 18.3 Å². The lowest BCUT2D eigenvalue weighted by Crippen LogP contribution is -2.44. The number of carbonyl (C=O) groups is 1. The summed E-state index contributed by atoms with van der Waals surface area (Å²) in [5.41, 5.74) is 3.37. The average molecular weight is 418 g/mol. The Morgan fingerprint density at radius 3 is 2.52 bits per heavy atom. The number of aryl methyl sites for hydroxylation is 3. The molecule has 9 heteroatoms. The highest BCUT2D eigenvalue weighted by atomic mass is 35.5. The zero-order chi connectivity index (χ0) is 18.1. The first kappa shape index (κ1) is 23.5. The fraction of sp³-hybridized carbons (Fsp3) is 0.611. The van der Waals surface area contributed by atoms with Crippen molar-refractivity contribution < 1.29 is 4.79 Å². The number of amides is 1. The van der Waals surface area contributed by atoms with Crippen LogP contribution in [0.2, 0.25) is 0 Å². The Bertz CT molecular complexity index is 856. The lowest BCUT2D eigenvalue weighted by atomic mass is 9.99. The van der Waals surface area contributed by atoms with Gasteiger partial charge in [-0.25, -0.2) is 4.98 Å². The van der Waals surface area contributed by atoms with Gasteiger partial charge in [0.15, 0.2) is 5.65 Å². The molecule has 7 nitrogen and oxygen atoms in total. The van der Waals surface area contributed by atoms with Crippen LogP contribution in [-0.4, -0.2) is 51.8 Å². The van der Waals surface area contributed by atoms with Crippen molar-refractivity contribution in [1.29, 1.82) is 0 Å². The van der Waals surface area contributed by atoms with E-state index < -0.39 is 0 Å². The minimum atomic E-state index is -0.123. The van der Waals surface area contributed by atoms with Crippen LogP contribution in [0.5, 0.6) is 0 Å². The Labute approximate surface area is 171 Å². The van der Waals surface area contributed by atoms with Crippen LogP contribution in [0.3, 0.4) is 0 Å². The summed E-state index contributed by atoms with van der Waals surface area (Å²) in [4.78, 5) is 31.2. The number of hydrogen-bond donors (Lipinski definition) is 2. The second-order valence-electron chi connectivity index (χ2n) is 6.99. The van der Waals surface area contributed by atoms with Gasteiger partial charge in [-0.1, -0.05) is 0 Å². The second kappa shape index (κ2) is 9.57. The van der Waals surface area contributed by atoms with E-state index >= 15 is 0 Å². The van der Waals surface area contributed by atoms with Crippen LogP contribution in [0.25, 0.3) is 11.0 Å². The normalized spacial score (nSPS) is 14.5. The van der Waals surface area contributed by atoms with Crippen molar-refractivity contribution in [2.45, 2.75) is 45.6 Å². The third-order valence-electron chi connectivity index (χ3n) is 5.41. The summed E-state index contributed by atoms with van der Waals surface area (Å²) < 4.78 is 1.65. The van der Waals surface area contributed by atoms with Gasteiger partial charge in [0.05, 0.1) is 5.39 Å². The van der Waals surface area contributed by atoms with Crippen LogP contribution in [0.4, 0.5) is 0 Å². The molecule has 0 aromatic carbocycles. The highest BCUT2D eigenvalue weighted by molar-refractivity contribution is 5.85. The van der Waals surface area contributed by atoms with E-state index in [2.05, 4.69) is 15.4 Å². The molecule has 0 radical (unpaired) electrons. The van der Waals surface area contributed by atoms with Crippen LogP contribution in [0, 0.1) is 13.8 Å². The molecule has 0 aliphatic carbocycles. The van der Waals surface area contributed by atoms with Crippen molar-refractivity contribution in [1.82, 2.24) is 25.0 Å². The third kappa shape index (κ3) is 4.65. The number of nitrogens with zero attached hydrogens (tertiary/aromatic N) is 3. The third-order valence-corrected chi connectivity index (χ3v) is 5.41. The summed E-state index contributed by atoms with van der Waals surface area (Å²) in [6.07, 6.45) is 3.07. The van der Waals surface area contributed by atoms with Gasteiger partial charge in [-0.05, 0) is 57.3 Å². The van der Waals surface area contributed by atoms with Crippen molar-refractivity contribution in [3.63, 3.8) is 0 Å². The molecule has 0 bridgehead atoms. The molecule has 0 saturated carbocycles. The van der Waals surface area contributed by atoms with Gasteiger partial charge >= 0.3 is 0 Å². The van der Waals surface area contributed by atoms with Crippen LogP contribution in [0.1, 0.15) is 36.1 Å². The number of halogens is 2. The molecule has 1 amide bonds. The molecule has 0 unspecified atom stereocenters. The first-order valence-corrected chi connectivity index (χ1v) is 8.91. The number of piperidine rings is 1. The Kier molecular flexibility index (Phi) is 8.32. The fourth-order valence-corrected chi connectivity index (χ4v) is 3.82. The second-order valence-corrected chi connectivity index (χ2v) is 6.99. The summed E-state index contributed by atoms with van der Waals surface area (Å²) in [7, 11) is 3.69. The van der Waals surface area contributed by atoms with E-state index in [1.807, 2.05) is 25.8 Å². The van der Waals surface area contributed by atoms with E-state index in [9.17, 15) is 9.59 Å². The molecule has 27 heavy (non-hydrogen) atoms. The van der Waals surface area contributed by atoms with Gasteiger partial charge in [-0.3, -0.25) is 19.4 Å². The highest BCUT2D eigenvalue weighted by Crippen LogP contribution is 2.21. The van der Waals surface area contributed by atoms with E-state index in [1.165, 1.54) is 0 Å². The number of nitrogens with one attached hydrogen (secondary N) is 2. The Balaban J connectivity index is 0.00000182. The van der Waals surface area contributed by atoms with Gasteiger partial charge in [0.1, 0.15) is 0 Å². The van der Waals surface area contributed by atoms with Crippen molar-refractivity contribution in [2.75, 3.05) is 20.1 Å². The maximum Gasteiger partial charge on any atom is 0.273 e. The predicted octanol–water partition coefficient (Wildman–Crippen LogP) is 1.87. The molecule has 3 rings (SSSR count). The molecule has 2 N–H and O–H groups in total. The number of fused-ring (bicyclic) bond motifs is 1. The predicted molar refractivity (Wildman–Crippen MR) is 112 cm³/mol. The molecular formula is C18H29Cl2N5O2. The Hall–Kier alpha value is -1.57. The number of rotatable bonds is 4. The lowest BCUT2D eigenvalue weighted by Gasteiger charge is -2.31. The van der Waals surface area contributed by atoms with Crippen molar-refractivity contribution in [3.05, 3.63) is 27.2 Å². The van der Waals surface area contributed by atoms with Gasteiger partial charge in [0.25, 0.3) is 5.56 Å². The van der Waals surface area contributed by atoms with Crippen molar-refractivity contribution in [3.8, 4) is 0 Å². The zero-order valence-corrected chi connectivity index (χ0v) is 17.9. The molecule has 0 spiro atoms. The minimum Gasteiger partial charge on any atom is -0.343 e. The number of aromatic nitrogens is 3. The number of carbonyl (C=O) groups excluding carboxylic acids is 1. The first-order valence-electron chi connectivity index (χ1n) is 8.91. The van der Waals surface area contributed by atoms with E-state index in [-0.39, 0.29) is 36.3 Å². The van der Waals surface area contributed by atoms with Crippen LogP contribution >= 0.6 is 24.8 Å². The van der Waals surface area contributed by atoms with Gasteiger partial charge < -0.3 is 10.2 Å². The molecule has 2 aromatic rings. The summed E-state index contributed by atoms with van der Waals surface area (Å²) in [5, 5.41) is 6.71. The maximum absolute atomic E-state index is 12.6. The molecule has 0 atom stereocenters. The highest BCUT2D eigenvalue weighted by Gasteiger charge is 2.22.